The van der Waals surface area contributed by atoms with Crippen molar-refractivity contribution in [1.29, 1.82) is 0 Å². The van der Waals surface area contributed by atoms with Crippen LogP contribution in [0.4, 0.5) is 5.69 Å². The van der Waals surface area contributed by atoms with Crippen LogP contribution >= 0.6 is 0 Å². The molecule has 6 nitrogen and oxygen atoms in total. The second kappa shape index (κ2) is 4.93. The lowest BCUT2D eigenvalue weighted by Crippen LogP contribution is -2.18. The van der Waals surface area contributed by atoms with Crippen molar-refractivity contribution in [2.24, 2.45) is 7.05 Å². The summed E-state index contributed by atoms with van der Waals surface area (Å²) in [5.74, 6) is -0.0233. The zero-order valence-electron chi connectivity index (χ0n) is 10.6. The van der Waals surface area contributed by atoms with Crippen molar-refractivity contribution in [3.63, 3.8) is 0 Å². The Balaban J connectivity index is 2.47. The molecule has 0 bridgehead atoms. The van der Waals surface area contributed by atoms with E-state index in [1.807, 2.05) is 0 Å². The Hall–Kier alpha value is -2.63. The van der Waals surface area contributed by atoms with Crippen LogP contribution in [-0.2, 0) is 7.05 Å². The third-order valence-corrected chi connectivity index (χ3v) is 2.57. The van der Waals surface area contributed by atoms with Crippen molar-refractivity contribution < 1.29 is 9.53 Å². The summed E-state index contributed by atoms with van der Waals surface area (Å²) >= 11 is 0. The highest BCUT2D eigenvalue weighted by Crippen LogP contribution is 2.24. The van der Waals surface area contributed by atoms with E-state index in [0.717, 1.165) is 0 Å². The first kappa shape index (κ1) is 12.8. The number of rotatable bonds is 3. The van der Waals surface area contributed by atoms with E-state index in [1.54, 1.807) is 19.2 Å². The minimum atomic E-state index is -0.381. The van der Waals surface area contributed by atoms with Crippen LogP contribution in [0.1, 0.15) is 17.3 Å². The van der Waals surface area contributed by atoms with E-state index in [-0.39, 0.29) is 23.0 Å². The van der Waals surface area contributed by atoms with Crippen LogP contribution in [0.2, 0.25) is 0 Å². The second-order valence-corrected chi connectivity index (χ2v) is 4.06. The van der Waals surface area contributed by atoms with Crippen LogP contribution in [0.25, 0.3) is 0 Å². The number of aromatic nitrogens is 2. The van der Waals surface area contributed by atoms with Crippen LogP contribution in [0.5, 0.6) is 11.6 Å². The van der Waals surface area contributed by atoms with E-state index in [1.165, 1.54) is 30.0 Å². The molecule has 0 aliphatic rings. The Kier molecular flexibility index (Phi) is 3.33. The molecule has 0 aliphatic heterocycles. The van der Waals surface area contributed by atoms with E-state index in [9.17, 15) is 9.59 Å². The number of benzene rings is 1. The van der Waals surface area contributed by atoms with Gasteiger partial charge in [0.25, 0.3) is 5.88 Å². The first-order valence-electron chi connectivity index (χ1n) is 5.59. The summed E-state index contributed by atoms with van der Waals surface area (Å²) in [6, 6.07) is 4.64. The molecule has 2 N–H and O–H groups in total. The maximum Gasteiger partial charge on any atom is 0.313 e. The normalized spacial score (nSPS) is 10.2. The monoisotopic (exact) mass is 259 g/mol. The summed E-state index contributed by atoms with van der Waals surface area (Å²) in [6.45, 7) is 1.40. The van der Waals surface area contributed by atoms with Crippen LogP contribution in [0.3, 0.4) is 0 Å². The Labute approximate surface area is 109 Å². The smallest absolute Gasteiger partial charge is 0.313 e. The zero-order valence-corrected chi connectivity index (χ0v) is 10.6. The predicted molar refractivity (Wildman–Crippen MR) is 70.4 cm³/mol. The van der Waals surface area contributed by atoms with Crippen molar-refractivity contribution >= 4 is 11.5 Å². The number of nitrogen functional groups attached to an aromatic ring is 1. The highest BCUT2D eigenvalue weighted by Gasteiger charge is 2.12. The van der Waals surface area contributed by atoms with Gasteiger partial charge in [0.05, 0.1) is 5.56 Å². The molecule has 6 heteroatoms. The number of hydrogen-bond donors (Lipinski definition) is 1. The summed E-state index contributed by atoms with van der Waals surface area (Å²) in [5, 5.41) is 0. The number of carbonyl (C=O) groups is 1. The van der Waals surface area contributed by atoms with Crippen molar-refractivity contribution in [3.8, 4) is 11.6 Å². The molecule has 0 aliphatic carbocycles. The van der Waals surface area contributed by atoms with Crippen LogP contribution in [0.15, 0.2) is 35.4 Å². The van der Waals surface area contributed by atoms with Crippen molar-refractivity contribution in [1.82, 2.24) is 9.55 Å². The average molecular weight is 259 g/mol. The van der Waals surface area contributed by atoms with E-state index >= 15 is 0 Å². The summed E-state index contributed by atoms with van der Waals surface area (Å²) in [5.41, 5.74) is 6.01. The summed E-state index contributed by atoms with van der Waals surface area (Å²) < 4.78 is 6.76. The molecule has 0 saturated heterocycles. The maximum absolute atomic E-state index is 11.8. The third-order valence-electron chi connectivity index (χ3n) is 2.57. The fourth-order valence-corrected chi connectivity index (χ4v) is 1.56. The van der Waals surface area contributed by atoms with Gasteiger partial charge in [-0.25, -0.2) is 4.98 Å². The molecular weight excluding hydrogens is 246 g/mol. The number of nitrogens with zero attached hydrogens (tertiary/aromatic N) is 2. The molecule has 2 rings (SSSR count). The molecule has 19 heavy (non-hydrogen) atoms. The number of hydrogen-bond acceptors (Lipinski definition) is 5. The number of Topliss-reactive ketones (excluding diaryl/α,β-unsaturated/α-hetero) is 1. The number of carbonyl (C=O) groups excluding carboxylic acids is 1. The number of ether oxygens (including phenoxy) is 1. The molecule has 1 aromatic carbocycles. The highest BCUT2D eigenvalue weighted by atomic mass is 16.5. The minimum absolute atomic E-state index is 0.0859. The van der Waals surface area contributed by atoms with Crippen LogP contribution in [0, 0.1) is 0 Å². The van der Waals surface area contributed by atoms with E-state index in [4.69, 9.17) is 10.5 Å². The lowest BCUT2D eigenvalue weighted by Gasteiger charge is -2.09. The summed E-state index contributed by atoms with van der Waals surface area (Å²) in [7, 11) is 1.59. The Morgan fingerprint density at radius 1 is 1.42 bits per heavy atom. The largest absolute Gasteiger partial charge is 0.434 e. The topological polar surface area (TPSA) is 87.2 Å². The van der Waals surface area contributed by atoms with Gasteiger partial charge in [0.1, 0.15) is 5.75 Å². The van der Waals surface area contributed by atoms with Crippen LogP contribution < -0.4 is 16.0 Å². The predicted octanol–water partition coefficient (Wildman–Crippen LogP) is 1.36. The van der Waals surface area contributed by atoms with Crippen molar-refractivity contribution in [2.45, 2.75) is 6.92 Å². The van der Waals surface area contributed by atoms with Gasteiger partial charge in [-0.1, -0.05) is 0 Å². The third kappa shape index (κ3) is 2.62. The zero-order chi connectivity index (χ0) is 14.0. The molecule has 0 fully saturated rings. The summed E-state index contributed by atoms with van der Waals surface area (Å²) in [4.78, 5) is 27.2. The van der Waals surface area contributed by atoms with Gasteiger partial charge in [0.2, 0.25) is 0 Å². The summed E-state index contributed by atoms with van der Waals surface area (Å²) in [6.07, 6.45) is 2.96. The van der Waals surface area contributed by atoms with Gasteiger partial charge in [0, 0.05) is 25.1 Å². The van der Waals surface area contributed by atoms with Gasteiger partial charge in [-0.2, -0.15) is 0 Å². The second-order valence-electron chi connectivity index (χ2n) is 4.06. The number of nitrogens with two attached hydrogens (primary N) is 1. The van der Waals surface area contributed by atoms with Crippen molar-refractivity contribution in [3.05, 3.63) is 46.5 Å². The fraction of sp³-hybridized carbons (Fsp3) is 0.154. The molecule has 0 saturated carbocycles. The Bertz CT molecular complexity index is 692. The minimum Gasteiger partial charge on any atom is -0.434 e. The lowest BCUT2D eigenvalue weighted by molar-refractivity contribution is 0.101. The molecule has 2 aromatic rings. The fourth-order valence-electron chi connectivity index (χ4n) is 1.56. The molecule has 1 aromatic heterocycles. The Morgan fingerprint density at radius 3 is 2.84 bits per heavy atom. The highest BCUT2D eigenvalue weighted by molar-refractivity contribution is 5.97. The van der Waals surface area contributed by atoms with Gasteiger partial charge in [0.15, 0.2) is 5.78 Å². The number of ketones is 1. The quantitative estimate of drug-likeness (QED) is 0.664. The molecule has 0 unspecified atom stereocenters. The van der Waals surface area contributed by atoms with E-state index in [0.29, 0.717) is 11.3 Å². The SMILES string of the molecule is CC(=O)c1cc(N)ccc1Oc1nccn(C)c1=O. The Morgan fingerprint density at radius 2 is 2.16 bits per heavy atom. The number of aryl methyl sites for hydroxylation is 1. The molecule has 0 spiro atoms. The van der Waals surface area contributed by atoms with Crippen molar-refractivity contribution in [2.75, 3.05) is 5.73 Å². The average Bonchev–Trinajstić information content (AvgIpc) is 2.36. The van der Waals surface area contributed by atoms with Crippen LogP contribution in [-0.4, -0.2) is 15.3 Å². The van der Waals surface area contributed by atoms with E-state index < -0.39 is 0 Å². The van der Waals surface area contributed by atoms with E-state index in [2.05, 4.69) is 4.98 Å². The maximum atomic E-state index is 11.8. The first-order chi connectivity index (χ1) is 8.99. The van der Waals surface area contributed by atoms with Gasteiger partial charge in [-0.05, 0) is 25.1 Å². The molecule has 0 amide bonds. The van der Waals surface area contributed by atoms with Gasteiger partial charge in [-0.15, -0.1) is 0 Å². The number of anilines is 1. The molecule has 0 radical (unpaired) electrons. The first-order valence-corrected chi connectivity index (χ1v) is 5.59. The van der Waals surface area contributed by atoms with Gasteiger partial charge in [-0.3, -0.25) is 9.59 Å². The van der Waals surface area contributed by atoms with Gasteiger partial charge >= 0.3 is 5.56 Å². The molecular formula is C13H13N3O3. The molecule has 1 heterocycles. The molecule has 98 valence electrons. The standard InChI is InChI=1S/C13H13N3O3/c1-8(17)10-7-9(14)3-4-11(10)19-12-13(18)16(2)6-5-15-12/h3-7H,14H2,1-2H3. The van der Waals surface area contributed by atoms with Gasteiger partial charge < -0.3 is 15.0 Å². The molecule has 0 atom stereocenters. The lowest BCUT2D eigenvalue weighted by atomic mass is 10.1.